The lowest BCUT2D eigenvalue weighted by Gasteiger charge is -2.31. The van der Waals surface area contributed by atoms with E-state index in [1.807, 2.05) is 20.2 Å². The molecule has 0 saturated heterocycles. The van der Waals surface area contributed by atoms with E-state index < -0.39 is 0 Å². The molecule has 1 saturated carbocycles. The van der Waals surface area contributed by atoms with E-state index >= 15 is 0 Å². The van der Waals surface area contributed by atoms with Crippen molar-refractivity contribution in [2.24, 2.45) is 25.2 Å². The van der Waals surface area contributed by atoms with Crippen LogP contribution in [0.15, 0.2) is 23.0 Å². The summed E-state index contributed by atoms with van der Waals surface area (Å²) in [5.74, 6) is 0. The molecule has 0 bridgehead atoms. The van der Waals surface area contributed by atoms with Crippen molar-refractivity contribution in [3.05, 3.63) is 34.2 Å². The Balaban J connectivity index is 2.09. The van der Waals surface area contributed by atoms with Gasteiger partial charge >= 0.3 is 5.69 Å². The fraction of sp³-hybridized carbons (Fsp3) is 0.562. The molecule has 3 rings (SSSR count). The van der Waals surface area contributed by atoms with Crippen molar-refractivity contribution < 1.29 is 0 Å². The number of aromatic nitrogens is 2. The summed E-state index contributed by atoms with van der Waals surface area (Å²) in [6.07, 6.45) is 4.94. The largest absolute Gasteiger partial charge is 0.328 e. The third-order valence-electron chi connectivity index (χ3n) is 5.15. The first-order chi connectivity index (χ1) is 9.44. The first-order valence-corrected chi connectivity index (χ1v) is 7.35. The van der Waals surface area contributed by atoms with Crippen LogP contribution in [0.1, 0.15) is 44.2 Å². The zero-order valence-electron chi connectivity index (χ0n) is 12.5. The molecule has 0 radical (unpaired) electrons. The molecule has 0 spiro atoms. The fourth-order valence-electron chi connectivity index (χ4n) is 3.61. The maximum absolute atomic E-state index is 12.0. The van der Waals surface area contributed by atoms with Crippen molar-refractivity contribution in [2.75, 3.05) is 0 Å². The van der Waals surface area contributed by atoms with Crippen LogP contribution in [0.4, 0.5) is 0 Å². The standard InChI is InChI=1S/C16H23N3O/c1-16(8-4-5-9-16)14(17)11-6-7-12-13(10-11)19(3)15(20)18(12)2/h6-7,10,14H,4-5,8-9,17H2,1-3H3. The first-order valence-electron chi connectivity index (χ1n) is 7.35. The predicted molar refractivity (Wildman–Crippen MR) is 81.7 cm³/mol. The Bertz CT molecular complexity index is 704. The van der Waals surface area contributed by atoms with Crippen molar-refractivity contribution in [2.45, 2.75) is 38.6 Å². The van der Waals surface area contributed by atoms with Gasteiger partial charge in [-0.15, -0.1) is 0 Å². The topological polar surface area (TPSA) is 53.0 Å². The summed E-state index contributed by atoms with van der Waals surface area (Å²) >= 11 is 0. The van der Waals surface area contributed by atoms with Gasteiger partial charge in [0.1, 0.15) is 0 Å². The van der Waals surface area contributed by atoms with Crippen LogP contribution in [0.3, 0.4) is 0 Å². The average Bonchev–Trinajstić information content (AvgIpc) is 2.98. The van der Waals surface area contributed by atoms with Gasteiger partial charge in [0.2, 0.25) is 0 Å². The Hall–Kier alpha value is -1.55. The normalized spacial score (nSPS) is 19.6. The average molecular weight is 273 g/mol. The van der Waals surface area contributed by atoms with Crippen LogP contribution in [0, 0.1) is 5.41 Å². The highest BCUT2D eigenvalue weighted by molar-refractivity contribution is 5.77. The minimum absolute atomic E-state index is 0.0119. The Morgan fingerprint density at radius 2 is 1.75 bits per heavy atom. The fourth-order valence-corrected chi connectivity index (χ4v) is 3.61. The van der Waals surface area contributed by atoms with E-state index in [0.717, 1.165) is 16.6 Å². The van der Waals surface area contributed by atoms with Crippen LogP contribution in [0.5, 0.6) is 0 Å². The molecular formula is C16H23N3O. The zero-order chi connectivity index (χ0) is 14.5. The maximum Gasteiger partial charge on any atom is 0.328 e. The highest BCUT2D eigenvalue weighted by Gasteiger charge is 2.35. The Labute approximate surface area is 119 Å². The van der Waals surface area contributed by atoms with Crippen LogP contribution < -0.4 is 11.4 Å². The smallest absolute Gasteiger partial charge is 0.323 e. The predicted octanol–water partition coefficient (Wildman–Crippen LogP) is 2.46. The molecule has 1 atom stereocenters. The summed E-state index contributed by atoms with van der Waals surface area (Å²) in [5, 5.41) is 0. The van der Waals surface area contributed by atoms with Crippen LogP contribution in [-0.2, 0) is 14.1 Å². The third kappa shape index (κ3) is 1.82. The van der Waals surface area contributed by atoms with Crippen LogP contribution >= 0.6 is 0 Å². The number of rotatable bonds is 2. The molecule has 20 heavy (non-hydrogen) atoms. The van der Waals surface area contributed by atoms with Gasteiger partial charge in [-0.3, -0.25) is 9.13 Å². The number of hydrogen-bond donors (Lipinski definition) is 1. The number of fused-ring (bicyclic) bond motifs is 1. The molecular weight excluding hydrogens is 250 g/mol. The second kappa shape index (κ2) is 4.48. The molecule has 1 aliphatic rings. The van der Waals surface area contributed by atoms with Gasteiger partial charge in [-0.05, 0) is 36.0 Å². The lowest BCUT2D eigenvalue weighted by Crippen LogP contribution is -2.29. The van der Waals surface area contributed by atoms with Crippen molar-refractivity contribution in [3.63, 3.8) is 0 Å². The molecule has 108 valence electrons. The van der Waals surface area contributed by atoms with Crippen molar-refractivity contribution in [1.29, 1.82) is 0 Å². The number of nitrogens with zero attached hydrogens (tertiary/aromatic N) is 2. The minimum Gasteiger partial charge on any atom is -0.323 e. The lowest BCUT2D eigenvalue weighted by atomic mass is 9.78. The van der Waals surface area contributed by atoms with Crippen molar-refractivity contribution >= 4 is 11.0 Å². The number of aryl methyl sites for hydroxylation is 2. The highest BCUT2D eigenvalue weighted by Crippen LogP contribution is 2.46. The zero-order valence-corrected chi connectivity index (χ0v) is 12.5. The molecule has 4 heteroatoms. The van der Waals surface area contributed by atoms with Gasteiger partial charge in [0.05, 0.1) is 11.0 Å². The summed E-state index contributed by atoms with van der Waals surface area (Å²) in [4.78, 5) is 12.0. The van der Waals surface area contributed by atoms with Gasteiger partial charge in [-0.2, -0.15) is 0 Å². The molecule has 2 N–H and O–H groups in total. The molecule has 4 nitrogen and oxygen atoms in total. The van der Waals surface area contributed by atoms with Crippen LogP contribution in [0.2, 0.25) is 0 Å². The molecule has 0 aliphatic heterocycles. The summed E-state index contributed by atoms with van der Waals surface area (Å²) in [6, 6.07) is 6.23. The molecule has 1 fully saturated rings. The quantitative estimate of drug-likeness (QED) is 0.913. The van der Waals surface area contributed by atoms with E-state index in [1.165, 1.54) is 25.7 Å². The number of hydrogen-bond acceptors (Lipinski definition) is 2. The summed E-state index contributed by atoms with van der Waals surface area (Å²) < 4.78 is 3.38. The van der Waals surface area contributed by atoms with E-state index in [2.05, 4.69) is 19.1 Å². The van der Waals surface area contributed by atoms with Crippen molar-refractivity contribution in [3.8, 4) is 0 Å². The lowest BCUT2D eigenvalue weighted by molar-refractivity contribution is 0.265. The van der Waals surface area contributed by atoms with E-state index in [1.54, 1.807) is 9.13 Å². The van der Waals surface area contributed by atoms with Crippen LogP contribution in [-0.4, -0.2) is 9.13 Å². The minimum atomic E-state index is 0.0119. The Morgan fingerprint density at radius 3 is 2.40 bits per heavy atom. The summed E-state index contributed by atoms with van der Waals surface area (Å²) in [7, 11) is 3.62. The number of benzene rings is 1. The van der Waals surface area contributed by atoms with E-state index in [4.69, 9.17) is 5.73 Å². The van der Waals surface area contributed by atoms with Gasteiger partial charge < -0.3 is 5.73 Å². The number of nitrogens with two attached hydrogens (primary N) is 1. The Kier molecular flexibility index (Phi) is 3.01. The second-order valence-corrected chi connectivity index (χ2v) is 6.49. The second-order valence-electron chi connectivity index (χ2n) is 6.49. The molecule has 0 amide bonds. The van der Waals surface area contributed by atoms with Crippen molar-refractivity contribution in [1.82, 2.24) is 9.13 Å². The van der Waals surface area contributed by atoms with E-state index in [0.29, 0.717) is 0 Å². The summed E-state index contributed by atoms with van der Waals surface area (Å²) in [6.45, 7) is 2.29. The SMILES string of the molecule is Cn1c(=O)n(C)c2cc(C(N)C3(C)CCCC3)ccc21. The third-order valence-corrected chi connectivity index (χ3v) is 5.15. The molecule has 1 aliphatic carbocycles. The molecule has 1 aromatic carbocycles. The Morgan fingerprint density at radius 1 is 1.15 bits per heavy atom. The molecule has 1 unspecified atom stereocenters. The first kappa shape index (κ1) is 13.4. The molecule has 1 heterocycles. The van der Waals surface area contributed by atoms with Gasteiger partial charge in [0.15, 0.2) is 0 Å². The van der Waals surface area contributed by atoms with E-state index in [9.17, 15) is 4.79 Å². The maximum atomic E-state index is 12.0. The highest BCUT2D eigenvalue weighted by atomic mass is 16.1. The number of imidazole rings is 1. The monoisotopic (exact) mass is 273 g/mol. The van der Waals surface area contributed by atoms with Gasteiger partial charge in [0.25, 0.3) is 0 Å². The van der Waals surface area contributed by atoms with Gasteiger partial charge in [0, 0.05) is 20.1 Å². The van der Waals surface area contributed by atoms with Gasteiger partial charge in [-0.1, -0.05) is 25.8 Å². The van der Waals surface area contributed by atoms with Crippen LogP contribution in [0.25, 0.3) is 11.0 Å². The molecule has 2 aromatic rings. The molecule has 1 aromatic heterocycles. The van der Waals surface area contributed by atoms with Gasteiger partial charge in [-0.25, -0.2) is 4.79 Å². The summed E-state index contributed by atoms with van der Waals surface area (Å²) in [5.41, 5.74) is 9.80. The van der Waals surface area contributed by atoms with E-state index in [-0.39, 0.29) is 17.1 Å².